The van der Waals surface area contributed by atoms with Crippen molar-refractivity contribution in [3.8, 4) is 0 Å². The Morgan fingerprint density at radius 3 is 3.00 bits per heavy atom. The summed E-state index contributed by atoms with van der Waals surface area (Å²) in [6.45, 7) is 0.203. The van der Waals surface area contributed by atoms with E-state index < -0.39 is 6.09 Å². The summed E-state index contributed by atoms with van der Waals surface area (Å²) in [5.41, 5.74) is 0.704. The third-order valence-corrected chi connectivity index (χ3v) is 3.36. The maximum Gasteiger partial charge on any atom is 0.411 e. The molecular formula is C12H10N4O2S. The molecular weight excluding hydrogens is 264 g/mol. The summed E-state index contributed by atoms with van der Waals surface area (Å²) >= 11 is 1.44. The molecule has 1 N–H and O–H groups in total. The number of benzene rings is 1. The molecule has 2 heterocycles. The fraction of sp³-hybridized carbons (Fsp3) is 0.0833. The molecule has 0 aliphatic heterocycles. The summed E-state index contributed by atoms with van der Waals surface area (Å²) in [6.07, 6.45) is 2.80. The SMILES string of the molecule is O=C(Nc1ccccc1)OCc1cn2ncnc2s1. The van der Waals surface area contributed by atoms with Gasteiger partial charge in [-0.25, -0.2) is 14.3 Å². The molecule has 0 spiro atoms. The highest BCUT2D eigenvalue weighted by Gasteiger charge is 2.07. The topological polar surface area (TPSA) is 68.5 Å². The van der Waals surface area contributed by atoms with Gasteiger partial charge in [0, 0.05) is 11.9 Å². The van der Waals surface area contributed by atoms with Crippen LogP contribution in [0.4, 0.5) is 10.5 Å². The maximum atomic E-state index is 11.6. The minimum atomic E-state index is -0.481. The molecule has 0 atom stereocenters. The Morgan fingerprint density at radius 2 is 2.21 bits per heavy atom. The first kappa shape index (κ1) is 11.7. The number of ether oxygens (including phenoxy) is 1. The number of carbonyl (C=O) groups excluding carboxylic acids is 1. The molecule has 19 heavy (non-hydrogen) atoms. The first-order chi connectivity index (χ1) is 9.31. The van der Waals surface area contributed by atoms with Crippen LogP contribution in [0.3, 0.4) is 0 Å². The third-order valence-electron chi connectivity index (χ3n) is 2.39. The average molecular weight is 274 g/mol. The molecule has 2 aromatic heterocycles. The quantitative estimate of drug-likeness (QED) is 0.797. The van der Waals surface area contributed by atoms with Crippen LogP contribution in [0.25, 0.3) is 4.96 Å². The van der Waals surface area contributed by atoms with Crippen molar-refractivity contribution in [2.75, 3.05) is 5.32 Å². The number of hydrogen-bond donors (Lipinski definition) is 1. The smallest absolute Gasteiger partial charge is 0.411 e. The lowest BCUT2D eigenvalue weighted by Gasteiger charge is -2.05. The van der Waals surface area contributed by atoms with E-state index in [-0.39, 0.29) is 6.61 Å². The van der Waals surface area contributed by atoms with Crippen molar-refractivity contribution in [2.45, 2.75) is 6.61 Å². The molecule has 0 aliphatic carbocycles. The number of anilines is 1. The second-order valence-electron chi connectivity index (χ2n) is 3.75. The van der Waals surface area contributed by atoms with Gasteiger partial charge in [-0.05, 0) is 12.1 Å². The number of amides is 1. The van der Waals surface area contributed by atoms with Gasteiger partial charge in [-0.2, -0.15) is 5.10 Å². The number of rotatable bonds is 3. The number of carbonyl (C=O) groups is 1. The summed E-state index contributed by atoms with van der Waals surface area (Å²) in [7, 11) is 0. The molecule has 3 aromatic rings. The molecule has 6 nitrogen and oxygen atoms in total. The summed E-state index contributed by atoms with van der Waals surface area (Å²) < 4.78 is 6.77. The average Bonchev–Trinajstić information content (AvgIpc) is 2.98. The van der Waals surface area contributed by atoms with E-state index in [2.05, 4.69) is 15.4 Å². The Morgan fingerprint density at radius 1 is 1.37 bits per heavy atom. The summed E-state index contributed by atoms with van der Waals surface area (Å²) in [5, 5.41) is 6.64. The standard InChI is InChI=1S/C12H10N4O2S/c17-12(15-9-4-2-1-3-5-9)18-7-10-6-16-11(19-10)13-8-14-16/h1-6,8H,7H2,(H,15,17). The van der Waals surface area contributed by atoms with E-state index in [1.54, 1.807) is 22.8 Å². The lowest BCUT2D eigenvalue weighted by atomic mass is 10.3. The highest BCUT2D eigenvalue weighted by atomic mass is 32.1. The summed E-state index contributed by atoms with van der Waals surface area (Å²) in [6, 6.07) is 9.16. The summed E-state index contributed by atoms with van der Waals surface area (Å²) in [4.78, 5) is 17.3. The highest BCUT2D eigenvalue weighted by molar-refractivity contribution is 7.17. The van der Waals surface area contributed by atoms with Gasteiger partial charge in [0.05, 0.1) is 4.88 Å². The van der Waals surface area contributed by atoms with Gasteiger partial charge in [-0.1, -0.05) is 29.5 Å². The lowest BCUT2D eigenvalue weighted by molar-refractivity contribution is 0.156. The third kappa shape index (κ3) is 2.71. The summed E-state index contributed by atoms with van der Waals surface area (Å²) in [5.74, 6) is 0. The van der Waals surface area contributed by atoms with Gasteiger partial charge >= 0.3 is 6.09 Å². The van der Waals surface area contributed by atoms with E-state index in [9.17, 15) is 4.79 Å². The van der Waals surface area contributed by atoms with Crippen LogP contribution in [0.5, 0.6) is 0 Å². The molecule has 0 fully saturated rings. The fourth-order valence-corrected chi connectivity index (χ4v) is 2.36. The highest BCUT2D eigenvalue weighted by Crippen LogP contribution is 2.16. The minimum Gasteiger partial charge on any atom is -0.444 e. The van der Waals surface area contributed by atoms with Gasteiger partial charge in [0.2, 0.25) is 4.96 Å². The van der Waals surface area contributed by atoms with Crippen molar-refractivity contribution in [1.29, 1.82) is 0 Å². The van der Waals surface area contributed by atoms with E-state index in [4.69, 9.17) is 4.74 Å². The minimum absolute atomic E-state index is 0.203. The Hall–Kier alpha value is -2.41. The monoisotopic (exact) mass is 274 g/mol. The number of para-hydroxylation sites is 1. The van der Waals surface area contributed by atoms with Crippen molar-refractivity contribution in [3.63, 3.8) is 0 Å². The second kappa shape index (κ2) is 5.07. The van der Waals surface area contributed by atoms with Crippen molar-refractivity contribution in [2.24, 2.45) is 0 Å². The van der Waals surface area contributed by atoms with Gasteiger partial charge in [0.15, 0.2) is 0 Å². The fourth-order valence-electron chi connectivity index (χ4n) is 1.56. The van der Waals surface area contributed by atoms with Crippen molar-refractivity contribution < 1.29 is 9.53 Å². The molecule has 0 saturated carbocycles. The molecule has 0 radical (unpaired) electrons. The van der Waals surface area contributed by atoms with Crippen LogP contribution in [0.1, 0.15) is 4.88 Å². The van der Waals surface area contributed by atoms with Crippen LogP contribution >= 0.6 is 11.3 Å². The van der Waals surface area contributed by atoms with E-state index in [0.29, 0.717) is 5.69 Å². The molecule has 96 valence electrons. The van der Waals surface area contributed by atoms with E-state index in [0.717, 1.165) is 9.84 Å². The van der Waals surface area contributed by atoms with Gasteiger partial charge < -0.3 is 4.74 Å². The van der Waals surface area contributed by atoms with Gasteiger partial charge in [0.25, 0.3) is 0 Å². The molecule has 0 aliphatic rings. The predicted molar refractivity (Wildman–Crippen MR) is 71.1 cm³/mol. The molecule has 0 bridgehead atoms. The van der Waals surface area contributed by atoms with E-state index >= 15 is 0 Å². The lowest BCUT2D eigenvalue weighted by Crippen LogP contribution is -2.12. The second-order valence-corrected chi connectivity index (χ2v) is 4.85. The maximum absolute atomic E-state index is 11.6. The van der Waals surface area contributed by atoms with Crippen LogP contribution in [0.2, 0.25) is 0 Å². The number of aromatic nitrogens is 3. The van der Waals surface area contributed by atoms with Crippen LogP contribution in [0.15, 0.2) is 42.9 Å². The van der Waals surface area contributed by atoms with Crippen LogP contribution in [0, 0.1) is 0 Å². The molecule has 1 amide bonds. The van der Waals surface area contributed by atoms with Crippen molar-refractivity contribution in [3.05, 3.63) is 47.7 Å². The van der Waals surface area contributed by atoms with Crippen LogP contribution in [-0.2, 0) is 11.3 Å². The Labute approximate surface area is 112 Å². The zero-order chi connectivity index (χ0) is 13.1. The number of thiazole rings is 1. The van der Waals surface area contributed by atoms with Gasteiger partial charge in [-0.3, -0.25) is 5.32 Å². The zero-order valence-corrected chi connectivity index (χ0v) is 10.6. The van der Waals surface area contributed by atoms with E-state index in [1.807, 2.05) is 18.2 Å². The van der Waals surface area contributed by atoms with Crippen molar-refractivity contribution in [1.82, 2.24) is 14.6 Å². The van der Waals surface area contributed by atoms with Crippen LogP contribution in [-0.4, -0.2) is 20.7 Å². The molecule has 3 rings (SSSR count). The molecule has 0 saturated heterocycles. The van der Waals surface area contributed by atoms with E-state index in [1.165, 1.54) is 17.7 Å². The first-order valence-corrected chi connectivity index (χ1v) is 6.40. The number of fused-ring (bicyclic) bond motifs is 1. The predicted octanol–water partition coefficient (Wildman–Crippen LogP) is 2.54. The van der Waals surface area contributed by atoms with Gasteiger partial charge in [-0.15, -0.1) is 0 Å². The zero-order valence-electron chi connectivity index (χ0n) is 9.81. The Bertz CT molecular complexity index is 663. The van der Waals surface area contributed by atoms with Gasteiger partial charge in [0.1, 0.15) is 12.9 Å². The largest absolute Gasteiger partial charge is 0.444 e. The number of nitrogens with zero attached hydrogens (tertiary/aromatic N) is 3. The Balaban J connectivity index is 1.57. The number of hydrogen-bond acceptors (Lipinski definition) is 5. The molecule has 1 aromatic carbocycles. The molecule has 7 heteroatoms. The molecule has 0 unspecified atom stereocenters. The number of nitrogens with one attached hydrogen (secondary N) is 1. The Kier molecular flexibility index (Phi) is 3.11. The van der Waals surface area contributed by atoms with Crippen molar-refractivity contribution >= 4 is 28.1 Å². The van der Waals surface area contributed by atoms with Crippen LogP contribution < -0.4 is 5.32 Å². The normalized spacial score (nSPS) is 10.5. The first-order valence-electron chi connectivity index (χ1n) is 5.58.